The molecule has 0 amide bonds. The van der Waals surface area contributed by atoms with Gasteiger partial charge in [-0.05, 0) is 37.8 Å². The summed E-state index contributed by atoms with van der Waals surface area (Å²) in [6.07, 6.45) is 3.16. The Hall–Kier alpha value is -1.88. The lowest BCUT2D eigenvalue weighted by atomic mass is 9.80. The summed E-state index contributed by atoms with van der Waals surface area (Å²) in [7, 11) is 0. The van der Waals surface area contributed by atoms with Crippen LogP contribution in [0.2, 0.25) is 0 Å². The number of aromatic nitrogens is 1. The predicted octanol–water partition coefficient (Wildman–Crippen LogP) is 2.88. The Morgan fingerprint density at radius 3 is 3.00 bits per heavy atom. The van der Waals surface area contributed by atoms with Gasteiger partial charge in [0.15, 0.2) is 11.5 Å². The van der Waals surface area contributed by atoms with Gasteiger partial charge in [-0.15, -0.1) is 0 Å². The number of hydrogen-bond acceptors (Lipinski definition) is 4. The van der Waals surface area contributed by atoms with E-state index in [2.05, 4.69) is 4.98 Å². The largest absolute Gasteiger partial charge is 0.478 e. The Kier molecular flexibility index (Phi) is 3.44. The molecule has 1 heterocycles. The lowest BCUT2D eigenvalue weighted by molar-refractivity contribution is -0.0254. The van der Waals surface area contributed by atoms with Gasteiger partial charge in [-0.2, -0.15) is 0 Å². The van der Waals surface area contributed by atoms with Crippen molar-refractivity contribution >= 4 is 17.1 Å². The first-order valence-corrected chi connectivity index (χ1v) is 6.90. The Balaban J connectivity index is 1.74. The van der Waals surface area contributed by atoms with Crippen molar-refractivity contribution in [3.8, 4) is 0 Å². The SMILES string of the molecule is CCOC1CC(Cc2nc3cccc(C(=O)O)c3o2)C1. The van der Waals surface area contributed by atoms with Crippen molar-refractivity contribution in [2.45, 2.75) is 32.3 Å². The van der Waals surface area contributed by atoms with E-state index in [1.165, 1.54) is 6.07 Å². The fourth-order valence-electron chi connectivity index (χ4n) is 2.71. The van der Waals surface area contributed by atoms with Crippen LogP contribution >= 0.6 is 0 Å². The highest BCUT2D eigenvalue weighted by Gasteiger charge is 2.31. The fraction of sp³-hybridized carbons (Fsp3) is 0.467. The molecule has 1 aliphatic carbocycles. The second kappa shape index (κ2) is 5.25. The molecule has 1 aromatic carbocycles. The van der Waals surface area contributed by atoms with Crippen molar-refractivity contribution in [2.75, 3.05) is 6.61 Å². The monoisotopic (exact) mass is 275 g/mol. The van der Waals surface area contributed by atoms with E-state index in [9.17, 15) is 4.79 Å². The van der Waals surface area contributed by atoms with E-state index in [0.717, 1.165) is 25.9 Å². The zero-order valence-electron chi connectivity index (χ0n) is 11.3. The number of nitrogens with zero attached hydrogens (tertiary/aromatic N) is 1. The van der Waals surface area contributed by atoms with Crippen molar-refractivity contribution in [2.24, 2.45) is 5.92 Å². The number of carbonyl (C=O) groups is 1. The van der Waals surface area contributed by atoms with Gasteiger partial charge in [0.2, 0.25) is 0 Å². The van der Waals surface area contributed by atoms with Gasteiger partial charge in [0.05, 0.1) is 6.10 Å². The molecular formula is C15H17NO4. The third-order valence-corrected chi connectivity index (χ3v) is 3.75. The lowest BCUT2D eigenvalue weighted by Crippen LogP contribution is -2.32. The summed E-state index contributed by atoms with van der Waals surface area (Å²) < 4.78 is 11.2. The number of hydrogen-bond donors (Lipinski definition) is 1. The maximum absolute atomic E-state index is 11.1. The number of benzene rings is 1. The van der Waals surface area contributed by atoms with Crippen LogP contribution in [-0.4, -0.2) is 28.8 Å². The number of rotatable bonds is 5. The van der Waals surface area contributed by atoms with E-state index < -0.39 is 5.97 Å². The van der Waals surface area contributed by atoms with Gasteiger partial charge < -0.3 is 14.3 Å². The summed E-state index contributed by atoms with van der Waals surface area (Å²) in [4.78, 5) is 15.5. The molecule has 2 aromatic rings. The first-order valence-electron chi connectivity index (χ1n) is 6.90. The molecule has 0 aliphatic heterocycles. The molecule has 1 aromatic heterocycles. The van der Waals surface area contributed by atoms with Crippen LogP contribution < -0.4 is 0 Å². The molecule has 0 saturated heterocycles. The molecule has 0 radical (unpaired) electrons. The van der Waals surface area contributed by atoms with Crippen LogP contribution in [0.15, 0.2) is 22.6 Å². The molecule has 20 heavy (non-hydrogen) atoms. The highest BCUT2D eigenvalue weighted by molar-refractivity contribution is 5.99. The van der Waals surface area contributed by atoms with Crippen molar-refractivity contribution < 1.29 is 19.1 Å². The molecule has 1 saturated carbocycles. The minimum absolute atomic E-state index is 0.169. The normalized spacial score (nSPS) is 21.9. The van der Waals surface area contributed by atoms with E-state index in [0.29, 0.717) is 29.0 Å². The first kappa shape index (κ1) is 13.1. The maximum Gasteiger partial charge on any atom is 0.339 e. The molecule has 0 atom stereocenters. The van der Waals surface area contributed by atoms with Crippen LogP contribution in [0.4, 0.5) is 0 Å². The van der Waals surface area contributed by atoms with E-state index in [-0.39, 0.29) is 5.56 Å². The second-order valence-corrected chi connectivity index (χ2v) is 5.19. The zero-order chi connectivity index (χ0) is 14.1. The van der Waals surface area contributed by atoms with Gasteiger partial charge in [-0.1, -0.05) is 6.07 Å². The molecule has 106 valence electrons. The van der Waals surface area contributed by atoms with Crippen molar-refractivity contribution in [1.29, 1.82) is 0 Å². The third kappa shape index (κ3) is 2.41. The van der Waals surface area contributed by atoms with Gasteiger partial charge in [0, 0.05) is 13.0 Å². The molecule has 3 rings (SSSR count). The number of para-hydroxylation sites is 1. The standard InChI is InChI=1S/C15H17NO4/c1-2-19-10-6-9(7-10)8-13-16-12-5-3-4-11(15(17)18)14(12)20-13/h3-5,9-10H,2,6-8H2,1H3,(H,17,18). The average molecular weight is 275 g/mol. The van der Waals surface area contributed by atoms with Crippen LogP contribution in [0.1, 0.15) is 36.0 Å². The van der Waals surface area contributed by atoms with Crippen LogP contribution in [0, 0.1) is 5.92 Å². The van der Waals surface area contributed by atoms with E-state index in [1.807, 2.05) is 6.92 Å². The molecule has 0 spiro atoms. The van der Waals surface area contributed by atoms with Crippen molar-refractivity contribution in [3.63, 3.8) is 0 Å². The summed E-state index contributed by atoms with van der Waals surface area (Å²) >= 11 is 0. The Morgan fingerprint density at radius 1 is 1.50 bits per heavy atom. The molecule has 1 fully saturated rings. The minimum atomic E-state index is -0.988. The molecule has 1 aliphatic rings. The number of carboxylic acid groups (broad SMARTS) is 1. The number of ether oxygens (including phenoxy) is 1. The van der Waals surface area contributed by atoms with Gasteiger partial charge >= 0.3 is 5.97 Å². The topological polar surface area (TPSA) is 72.6 Å². The summed E-state index contributed by atoms with van der Waals surface area (Å²) in [5.74, 6) is 0.153. The Bertz CT molecular complexity index is 628. The van der Waals surface area contributed by atoms with Crippen molar-refractivity contribution in [3.05, 3.63) is 29.7 Å². The quantitative estimate of drug-likeness (QED) is 0.908. The molecule has 1 N–H and O–H groups in total. The molecule has 0 unspecified atom stereocenters. The molecule has 0 bridgehead atoms. The third-order valence-electron chi connectivity index (χ3n) is 3.75. The van der Waals surface area contributed by atoms with E-state index in [1.54, 1.807) is 12.1 Å². The second-order valence-electron chi connectivity index (χ2n) is 5.19. The number of oxazole rings is 1. The van der Waals surface area contributed by atoms with E-state index in [4.69, 9.17) is 14.3 Å². The molecule has 5 heteroatoms. The van der Waals surface area contributed by atoms with Gasteiger partial charge in [0.1, 0.15) is 11.1 Å². The molecule has 5 nitrogen and oxygen atoms in total. The average Bonchev–Trinajstić information content (AvgIpc) is 2.78. The summed E-state index contributed by atoms with van der Waals surface area (Å²) in [5.41, 5.74) is 1.15. The van der Waals surface area contributed by atoms with Crippen LogP contribution in [0.3, 0.4) is 0 Å². The maximum atomic E-state index is 11.1. The fourth-order valence-corrected chi connectivity index (χ4v) is 2.71. The van der Waals surface area contributed by atoms with Crippen LogP contribution in [0.5, 0.6) is 0 Å². The van der Waals surface area contributed by atoms with E-state index >= 15 is 0 Å². The summed E-state index contributed by atoms with van der Waals surface area (Å²) in [6.45, 7) is 2.75. The minimum Gasteiger partial charge on any atom is -0.478 e. The predicted molar refractivity (Wildman–Crippen MR) is 72.8 cm³/mol. The van der Waals surface area contributed by atoms with Crippen LogP contribution in [0.25, 0.3) is 11.1 Å². The van der Waals surface area contributed by atoms with Crippen molar-refractivity contribution in [1.82, 2.24) is 4.98 Å². The lowest BCUT2D eigenvalue weighted by Gasteiger charge is -2.34. The van der Waals surface area contributed by atoms with Crippen LogP contribution in [-0.2, 0) is 11.2 Å². The Morgan fingerprint density at radius 2 is 2.30 bits per heavy atom. The number of aromatic carboxylic acids is 1. The van der Waals surface area contributed by atoms with Gasteiger partial charge in [-0.3, -0.25) is 0 Å². The van der Waals surface area contributed by atoms with Gasteiger partial charge in [0.25, 0.3) is 0 Å². The molecular weight excluding hydrogens is 258 g/mol. The Labute approximate surface area is 116 Å². The summed E-state index contributed by atoms with van der Waals surface area (Å²) in [6, 6.07) is 5.00. The highest BCUT2D eigenvalue weighted by atomic mass is 16.5. The highest BCUT2D eigenvalue weighted by Crippen LogP contribution is 2.33. The zero-order valence-corrected chi connectivity index (χ0v) is 11.3. The van der Waals surface area contributed by atoms with Gasteiger partial charge in [-0.25, -0.2) is 9.78 Å². The summed E-state index contributed by atoms with van der Waals surface area (Å²) in [5, 5.41) is 9.12. The smallest absolute Gasteiger partial charge is 0.339 e. The number of carboxylic acids is 1. The first-order chi connectivity index (χ1) is 9.67. The number of fused-ring (bicyclic) bond motifs is 1.